The molecule has 1 aromatic carbocycles. The Morgan fingerprint density at radius 3 is 2.65 bits per heavy atom. The Balaban J connectivity index is 1.77. The maximum absolute atomic E-state index is 9.25. The molecule has 0 aliphatic carbocycles. The molecule has 0 saturated carbocycles. The van der Waals surface area contributed by atoms with Gasteiger partial charge in [-0.1, -0.05) is 18.2 Å². The van der Waals surface area contributed by atoms with E-state index in [-0.39, 0.29) is 0 Å². The molecule has 1 atom stereocenters. The fraction of sp³-hybridized carbons (Fsp3) is 0.353. The molecule has 2 aromatic rings. The van der Waals surface area contributed by atoms with E-state index in [2.05, 4.69) is 30.2 Å². The van der Waals surface area contributed by atoms with E-state index in [1.807, 2.05) is 24.4 Å². The predicted octanol–water partition coefficient (Wildman–Crippen LogP) is 3.21. The molecule has 20 heavy (non-hydrogen) atoms. The summed E-state index contributed by atoms with van der Waals surface area (Å²) in [4.78, 5) is 4.39. The molecular weight excluding hydrogens is 248 g/mol. The van der Waals surface area contributed by atoms with Crippen LogP contribution in [0.4, 0.5) is 0 Å². The van der Waals surface area contributed by atoms with Gasteiger partial charge in [-0.15, -0.1) is 0 Å². The third-order valence-corrected chi connectivity index (χ3v) is 3.54. The first-order valence-electron chi connectivity index (χ1n) is 7.07. The highest BCUT2D eigenvalue weighted by atomic mass is 16.3. The molecule has 1 heterocycles. The van der Waals surface area contributed by atoms with Crippen LogP contribution in [0.5, 0.6) is 5.75 Å². The molecule has 0 aliphatic heterocycles. The number of hydrogen-bond acceptors (Lipinski definition) is 3. The Kier molecular flexibility index (Phi) is 5.13. The molecule has 3 nitrogen and oxygen atoms in total. The van der Waals surface area contributed by atoms with Gasteiger partial charge >= 0.3 is 0 Å². The van der Waals surface area contributed by atoms with Gasteiger partial charge in [0.15, 0.2) is 0 Å². The summed E-state index contributed by atoms with van der Waals surface area (Å²) in [7, 11) is 0. The molecule has 1 aromatic heterocycles. The SMILES string of the molecule is Cc1cccnc1CNC(C)CCc1ccc(O)cc1. The zero-order valence-corrected chi connectivity index (χ0v) is 12.1. The van der Waals surface area contributed by atoms with Gasteiger partial charge in [-0.2, -0.15) is 0 Å². The number of aromatic hydroxyl groups is 1. The van der Waals surface area contributed by atoms with E-state index in [0.29, 0.717) is 11.8 Å². The van der Waals surface area contributed by atoms with Gasteiger partial charge in [0, 0.05) is 18.8 Å². The minimum Gasteiger partial charge on any atom is -0.508 e. The van der Waals surface area contributed by atoms with Crippen molar-refractivity contribution in [2.24, 2.45) is 0 Å². The molecule has 0 fully saturated rings. The van der Waals surface area contributed by atoms with Gasteiger partial charge in [0.1, 0.15) is 5.75 Å². The summed E-state index contributed by atoms with van der Waals surface area (Å²) in [5, 5.41) is 12.8. The van der Waals surface area contributed by atoms with E-state index in [4.69, 9.17) is 0 Å². The Morgan fingerprint density at radius 2 is 1.95 bits per heavy atom. The van der Waals surface area contributed by atoms with Crippen LogP contribution in [0.1, 0.15) is 30.2 Å². The minimum absolute atomic E-state index is 0.325. The number of nitrogens with zero attached hydrogens (tertiary/aromatic N) is 1. The number of nitrogens with one attached hydrogen (secondary N) is 1. The molecule has 0 aliphatic rings. The van der Waals surface area contributed by atoms with Crippen molar-refractivity contribution < 1.29 is 5.11 Å². The van der Waals surface area contributed by atoms with Crippen LogP contribution in [0.25, 0.3) is 0 Å². The van der Waals surface area contributed by atoms with E-state index in [1.165, 1.54) is 11.1 Å². The Labute approximate surface area is 120 Å². The largest absolute Gasteiger partial charge is 0.508 e. The third-order valence-electron chi connectivity index (χ3n) is 3.54. The van der Waals surface area contributed by atoms with Crippen LogP contribution in [0.15, 0.2) is 42.6 Å². The smallest absolute Gasteiger partial charge is 0.115 e. The standard InChI is InChI=1S/C17H22N2O/c1-13-4-3-11-18-17(13)12-19-14(2)5-6-15-7-9-16(20)10-8-15/h3-4,7-11,14,19-20H,5-6,12H2,1-2H3. The molecule has 0 amide bonds. The highest BCUT2D eigenvalue weighted by Gasteiger charge is 2.04. The first-order valence-corrected chi connectivity index (χ1v) is 7.07. The zero-order valence-electron chi connectivity index (χ0n) is 12.1. The van der Waals surface area contributed by atoms with Crippen LogP contribution in [-0.2, 0) is 13.0 Å². The van der Waals surface area contributed by atoms with E-state index in [0.717, 1.165) is 25.1 Å². The molecular formula is C17H22N2O. The number of aryl methyl sites for hydroxylation is 2. The van der Waals surface area contributed by atoms with Crippen molar-refractivity contribution in [2.75, 3.05) is 0 Å². The van der Waals surface area contributed by atoms with Crippen molar-refractivity contribution in [1.82, 2.24) is 10.3 Å². The fourth-order valence-electron chi connectivity index (χ4n) is 2.12. The molecule has 2 N–H and O–H groups in total. The van der Waals surface area contributed by atoms with Gasteiger partial charge in [-0.05, 0) is 56.0 Å². The van der Waals surface area contributed by atoms with Crippen molar-refractivity contribution in [1.29, 1.82) is 0 Å². The van der Waals surface area contributed by atoms with Gasteiger partial charge in [0.05, 0.1) is 5.69 Å². The van der Waals surface area contributed by atoms with Crippen molar-refractivity contribution in [3.63, 3.8) is 0 Å². The Morgan fingerprint density at radius 1 is 1.20 bits per heavy atom. The topological polar surface area (TPSA) is 45.2 Å². The summed E-state index contributed by atoms with van der Waals surface area (Å²) in [6, 6.07) is 11.9. The highest BCUT2D eigenvalue weighted by molar-refractivity contribution is 5.26. The number of phenols is 1. The van der Waals surface area contributed by atoms with E-state index >= 15 is 0 Å². The Bertz CT molecular complexity index is 537. The lowest BCUT2D eigenvalue weighted by molar-refractivity contribution is 0.474. The lowest BCUT2D eigenvalue weighted by atomic mass is 10.1. The first kappa shape index (κ1) is 14.5. The summed E-state index contributed by atoms with van der Waals surface area (Å²) in [5.74, 6) is 0.325. The van der Waals surface area contributed by atoms with E-state index < -0.39 is 0 Å². The fourth-order valence-corrected chi connectivity index (χ4v) is 2.12. The van der Waals surface area contributed by atoms with Crippen LogP contribution < -0.4 is 5.32 Å². The second-order valence-electron chi connectivity index (χ2n) is 5.25. The van der Waals surface area contributed by atoms with Crippen LogP contribution in [0.2, 0.25) is 0 Å². The van der Waals surface area contributed by atoms with Gasteiger partial charge in [-0.25, -0.2) is 0 Å². The quantitative estimate of drug-likeness (QED) is 0.847. The van der Waals surface area contributed by atoms with Gasteiger partial charge in [0.2, 0.25) is 0 Å². The van der Waals surface area contributed by atoms with Crippen LogP contribution in [0, 0.1) is 6.92 Å². The molecule has 0 bridgehead atoms. The number of pyridine rings is 1. The molecule has 0 spiro atoms. The lowest BCUT2D eigenvalue weighted by Crippen LogP contribution is -2.26. The van der Waals surface area contributed by atoms with Gasteiger partial charge < -0.3 is 10.4 Å². The second-order valence-corrected chi connectivity index (χ2v) is 5.25. The molecule has 1 unspecified atom stereocenters. The first-order chi connectivity index (χ1) is 9.65. The summed E-state index contributed by atoms with van der Waals surface area (Å²) >= 11 is 0. The highest BCUT2D eigenvalue weighted by Crippen LogP contribution is 2.12. The number of aromatic nitrogens is 1. The molecule has 3 heteroatoms. The second kappa shape index (κ2) is 7.06. The van der Waals surface area contributed by atoms with E-state index in [9.17, 15) is 5.11 Å². The Hall–Kier alpha value is -1.87. The average molecular weight is 270 g/mol. The van der Waals surface area contributed by atoms with Crippen molar-refractivity contribution in [2.45, 2.75) is 39.3 Å². The van der Waals surface area contributed by atoms with E-state index in [1.54, 1.807) is 12.1 Å². The summed E-state index contributed by atoms with van der Waals surface area (Å²) in [6.45, 7) is 5.09. The maximum Gasteiger partial charge on any atom is 0.115 e. The molecule has 106 valence electrons. The monoisotopic (exact) mass is 270 g/mol. The van der Waals surface area contributed by atoms with Crippen molar-refractivity contribution >= 4 is 0 Å². The number of rotatable bonds is 6. The molecule has 0 radical (unpaired) electrons. The summed E-state index contributed by atoms with van der Waals surface area (Å²) in [5.41, 5.74) is 3.60. The zero-order chi connectivity index (χ0) is 14.4. The van der Waals surface area contributed by atoms with Crippen molar-refractivity contribution in [3.05, 3.63) is 59.4 Å². The minimum atomic E-state index is 0.325. The van der Waals surface area contributed by atoms with Gasteiger partial charge in [0.25, 0.3) is 0 Å². The van der Waals surface area contributed by atoms with Crippen LogP contribution >= 0.6 is 0 Å². The normalized spacial score (nSPS) is 12.3. The lowest BCUT2D eigenvalue weighted by Gasteiger charge is -2.14. The predicted molar refractivity (Wildman–Crippen MR) is 81.7 cm³/mol. The number of hydrogen-bond donors (Lipinski definition) is 2. The summed E-state index contributed by atoms with van der Waals surface area (Å²) < 4.78 is 0. The molecule has 0 saturated heterocycles. The maximum atomic E-state index is 9.25. The van der Waals surface area contributed by atoms with Crippen molar-refractivity contribution in [3.8, 4) is 5.75 Å². The number of phenolic OH excluding ortho intramolecular Hbond substituents is 1. The van der Waals surface area contributed by atoms with Crippen LogP contribution in [-0.4, -0.2) is 16.1 Å². The average Bonchev–Trinajstić information content (AvgIpc) is 2.46. The van der Waals surface area contributed by atoms with Crippen LogP contribution in [0.3, 0.4) is 0 Å². The molecule has 2 rings (SSSR count). The summed E-state index contributed by atoms with van der Waals surface area (Å²) in [6.07, 6.45) is 3.91. The third kappa shape index (κ3) is 4.35. The van der Waals surface area contributed by atoms with Gasteiger partial charge in [-0.3, -0.25) is 4.98 Å². The number of benzene rings is 1.